The average molecular weight is 286 g/mol. The van der Waals surface area contributed by atoms with Gasteiger partial charge >= 0.3 is 0 Å². The minimum atomic E-state index is 0.905. The predicted molar refractivity (Wildman–Crippen MR) is 90.1 cm³/mol. The fourth-order valence-electron chi connectivity index (χ4n) is 4.87. The largest absolute Gasteiger partial charge is 0.317 e. The topological polar surface area (TPSA) is 0 Å². The molecule has 0 unspecified atom stereocenters. The van der Waals surface area contributed by atoms with Gasteiger partial charge in [0, 0.05) is 5.56 Å². The molecule has 0 aromatic heterocycles. The van der Waals surface area contributed by atoms with Crippen LogP contribution in [-0.2, 0) is 6.54 Å². The van der Waals surface area contributed by atoms with Gasteiger partial charge in [-0.05, 0) is 51.4 Å². The summed E-state index contributed by atoms with van der Waals surface area (Å²) in [5.41, 5.74) is 1.54. The van der Waals surface area contributed by atoms with Gasteiger partial charge in [-0.1, -0.05) is 43.2 Å². The van der Waals surface area contributed by atoms with Crippen LogP contribution >= 0.6 is 0 Å². The molecule has 0 amide bonds. The Morgan fingerprint density at radius 3 is 1.71 bits per heavy atom. The van der Waals surface area contributed by atoms with Crippen LogP contribution in [0.2, 0.25) is 0 Å². The van der Waals surface area contributed by atoms with Gasteiger partial charge < -0.3 is 4.48 Å². The molecule has 1 nitrogen and oxygen atoms in total. The third-order valence-electron chi connectivity index (χ3n) is 6.18. The standard InChI is InChI=1S/C20H32N/c1-21(19-13-7-3-8-14-19,20-15-9-4-10-16-20)17-18-11-5-2-6-12-18/h2,5-6,11-12,19-20H,3-4,7-10,13-17H2,1H3/q+1. The summed E-state index contributed by atoms with van der Waals surface area (Å²) in [6.45, 7) is 1.25. The Kier molecular flexibility index (Phi) is 5.00. The smallest absolute Gasteiger partial charge is 0.105 e. The van der Waals surface area contributed by atoms with Crippen molar-refractivity contribution in [2.24, 2.45) is 0 Å². The maximum absolute atomic E-state index is 2.58. The second-order valence-electron chi connectivity index (χ2n) is 7.57. The number of benzene rings is 1. The van der Waals surface area contributed by atoms with E-state index in [0.29, 0.717) is 0 Å². The predicted octanol–water partition coefficient (Wildman–Crippen LogP) is 5.30. The molecule has 3 rings (SSSR count). The first kappa shape index (κ1) is 15.1. The van der Waals surface area contributed by atoms with Gasteiger partial charge in [0.15, 0.2) is 0 Å². The fourth-order valence-corrected chi connectivity index (χ4v) is 4.87. The van der Waals surface area contributed by atoms with Gasteiger partial charge in [0.25, 0.3) is 0 Å². The molecule has 0 radical (unpaired) electrons. The summed E-state index contributed by atoms with van der Waals surface area (Å²) in [6.07, 6.45) is 14.6. The molecule has 0 heterocycles. The van der Waals surface area contributed by atoms with E-state index in [0.717, 1.165) is 12.1 Å². The van der Waals surface area contributed by atoms with Crippen LogP contribution in [-0.4, -0.2) is 23.6 Å². The minimum absolute atomic E-state index is 0.905. The minimum Gasteiger partial charge on any atom is -0.317 e. The second-order valence-corrected chi connectivity index (χ2v) is 7.57. The Labute approximate surface area is 130 Å². The van der Waals surface area contributed by atoms with Crippen molar-refractivity contribution in [3.05, 3.63) is 35.9 Å². The van der Waals surface area contributed by atoms with Gasteiger partial charge in [-0.2, -0.15) is 0 Å². The quantitative estimate of drug-likeness (QED) is 0.659. The molecule has 2 fully saturated rings. The monoisotopic (exact) mass is 286 g/mol. The van der Waals surface area contributed by atoms with Crippen molar-refractivity contribution >= 4 is 0 Å². The highest BCUT2D eigenvalue weighted by atomic mass is 15.4. The molecule has 21 heavy (non-hydrogen) atoms. The third kappa shape index (κ3) is 3.51. The van der Waals surface area contributed by atoms with Crippen LogP contribution in [0.25, 0.3) is 0 Å². The van der Waals surface area contributed by atoms with Gasteiger partial charge in [0.05, 0.1) is 19.1 Å². The van der Waals surface area contributed by atoms with Crippen LogP contribution in [0, 0.1) is 0 Å². The second kappa shape index (κ2) is 6.96. The lowest BCUT2D eigenvalue weighted by Crippen LogP contribution is -2.59. The maximum Gasteiger partial charge on any atom is 0.105 e. The van der Waals surface area contributed by atoms with Crippen molar-refractivity contribution in [2.45, 2.75) is 82.8 Å². The molecule has 1 aromatic carbocycles. The molecular weight excluding hydrogens is 254 g/mol. The average Bonchev–Trinajstić information content (AvgIpc) is 2.57. The van der Waals surface area contributed by atoms with E-state index >= 15 is 0 Å². The Morgan fingerprint density at radius 1 is 0.762 bits per heavy atom. The molecule has 0 aliphatic heterocycles. The van der Waals surface area contributed by atoms with E-state index < -0.39 is 0 Å². The zero-order valence-electron chi connectivity index (χ0n) is 13.8. The van der Waals surface area contributed by atoms with Gasteiger partial charge in [-0.15, -0.1) is 0 Å². The highest BCUT2D eigenvalue weighted by Crippen LogP contribution is 2.36. The van der Waals surface area contributed by atoms with Crippen LogP contribution in [0.5, 0.6) is 0 Å². The van der Waals surface area contributed by atoms with Crippen LogP contribution in [0.15, 0.2) is 30.3 Å². The first-order valence-corrected chi connectivity index (χ1v) is 9.18. The van der Waals surface area contributed by atoms with E-state index in [1.54, 1.807) is 0 Å². The number of hydrogen-bond acceptors (Lipinski definition) is 0. The zero-order chi connectivity index (χ0) is 14.5. The van der Waals surface area contributed by atoms with E-state index in [4.69, 9.17) is 0 Å². The van der Waals surface area contributed by atoms with Crippen LogP contribution < -0.4 is 0 Å². The SMILES string of the molecule is C[N+](Cc1ccccc1)(C1CCCCC1)C1CCCCC1. The number of hydrogen-bond donors (Lipinski definition) is 0. The lowest BCUT2D eigenvalue weighted by molar-refractivity contribution is -0.971. The number of quaternary nitrogens is 1. The Bertz CT molecular complexity index is 395. The fraction of sp³-hybridized carbons (Fsp3) is 0.700. The van der Waals surface area contributed by atoms with Gasteiger partial charge in [0.2, 0.25) is 0 Å². The van der Waals surface area contributed by atoms with Crippen LogP contribution in [0.3, 0.4) is 0 Å². The lowest BCUT2D eigenvalue weighted by atomic mass is 9.86. The maximum atomic E-state index is 2.58. The molecule has 0 N–H and O–H groups in total. The summed E-state index contributed by atoms with van der Waals surface area (Å²) in [5.74, 6) is 0. The van der Waals surface area contributed by atoms with Gasteiger partial charge in [0.1, 0.15) is 6.54 Å². The summed E-state index contributed by atoms with van der Waals surface area (Å²) >= 11 is 0. The third-order valence-corrected chi connectivity index (χ3v) is 6.18. The molecule has 0 bridgehead atoms. The molecule has 116 valence electrons. The number of rotatable bonds is 4. The Balaban J connectivity index is 1.81. The summed E-state index contributed by atoms with van der Waals surface area (Å²) in [4.78, 5) is 0. The van der Waals surface area contributed by atoms with Crippen molar-refractivity contribution in [3.8, 4) is 0 Å². The first-order valence-electron chi connectivity index (χ1n) is 9.18. The normalized spacial score (nSPS) is 22.3. The molecule has 0 spiro atoms. The van der Waals surface area contributed by atoms with Crippen molar-refractivity contribution in [1.82, 2.24) is 0 Å². The highest BCUT2D eigenvalue weighted by molar-refractivity contribution is 5.13. The highest BCUT2D eigenvalue weighted by Gasteiger charge is 2.40. The first-order chi connectivity index (χ1) is 10.3. The summed E-state index contributed by atoms with van der Waals surface area (Å²) in [6, 6.07) is 13.0. The molecule has 1 aromatic rings. The van der Waals surface area contributed by atoms with Crippen LogP contribution in [0.4, 0.5) is 0 Å². The van der Waals surface area contributed by atoms with Gasteiger partial charge in [-0.25, -0.2) is 0 Å². The van der Waals surface area contributed by atoms with E-state index in [2.05, 4.69) is 37.4 Å². The zero-order valence-corrected chi connectivity index (χ0v) is 13.8. The Hall–Kier alpha value is -0.820. The molecule has 2 aliphatic carbocycles. The van der Waals surface area contributed by atoms with Gasteiger partial charge in [-0.3, -0.25) is 0 Å². The summed E-state index contributed by atoms with van der Waals surface area (Å²) < 4.78 is 1.32. The van der Waals surface area contributed by atoms with Crippen molar-refractivity contribution in [1.29, 1.82) is 0 Å². The summed E-state index contributed by atoms with van der Waals surface area (Å²) in [5, 5.41) is 0. The number of nitrogens with zero attached hydrogens (tertiary/aromatic N) is 1. The molecule has 0 saturated heterocycles. The van der Waals surface area contributed by atoms with Crippen LogP contribution in [0.1, 0.15) is 69.8 Å². The molecule has 2 aliphatic rings. The lowest BCUT2D eigenvalue weighted by Gasteiger charge is -2.50. The Morgan fingerprint density at radius 2 is 1.24 bits per heavy atom. The van der Waals surface area contributed by atoms with Crippen molar-refractivity contribution in [3.63, 3.8) is 0 Å². The van der Waals surface area contributed by atoms with E-state index in [9.17, 15) is 0 Å². The molecular formula is C20H32N+. The van der Waals surface area contributed by atoms with E-state index in [1.165, 1.54) is 80.8 Å². The molecule has 2 saturated carbocycles. The van der Waals surface area contributed by atoms with Crippen molar-refractivity contribution in [2.75, 3.05) is 7.05 Å². The summed E-state index contributed by atoms with van der Waals surface area (Å²) in [7, 11) is 2.58. The molecule has 0 atom stereocenters. The molecule has 1 heteroatoms. The van der Waals surface area contributed by atoms with E-state index in [-0.39, 0.29) is 0 Å². The van der Waals surface area contributed by atoms with Crippen molar-refractivity contribution < 1.29 is 4.48 Å². The van der Waals surface area contributed by atoms with E-state index in [1.807, 2.05) is 0 Å².